The van der Waals surface area contributed by atoms with Crippen LogP contribution in [0.4, 0.5) is 0 Å². The van der Waals surface area contributed by atoms with E-state index in [0.29, 0.717) is 29.9 Å². The van der Waals surface area contributed by atoms with Gasteiger partial charge in [0.2, 0.25) is 5.89 Å². The minimum atomic E-state index is 0.0868. The summed E-state index contributed by atoms with van der Waals surface area (Å²) < 4.78 is 6.93. The van der Waals surface area contributed by atoms with Crippen molar-refractivity contribution in [1.29, 1.82) is 0 Å². The van der Waals surface area contributed by atoms with Crippen LogP contribution in [0.2, 0.25) is 0 Å². The van der Waals surface area contributed by atoms with Crippen molar-refractivity contribution in [2.24, 2.45) is 5.92 Å². The van der Waals surface area contributed by atoms with Crippen molar-refractivity contribution >= 4 is 33.3 Å². The highest BCUT2D eigenvalue weighted by Gasteiger charge is 2.24. The minimum absolute atomic E-state index is 0.0868. The summed E-state index contributed by atoms with van der Waals surface area (Å²) >= 11 is 3.16. The van der Waals surface area contributed by atoms with Crippen LogP contribution in [-0.2, 0) is 25.1 Å². The third-order valence-corrected chi connectivity index (χ3v) is 6.70. The van der Waals surface area contributed by atoms with Gasteiger partial charge >= 0.3 is 0 Å². The number of aryl methyl sites for hydroxylation is 2. The number of rotatable bonds is 4. The van der Waals surface area contributed by atoms with E-state index < -0.39 is 0 Å². The van der Waals surface area contributed by atoms with E-state index in [1.807, 2.05) is 6.92 Å². The summed E-state index contributed by atoms with van der Waals surface area (Å²) in [5.41, 5.74) is 1.32. The fourth-order valence-corrected chi connectivity index (χ4v) is 5.64. The quantitative estimate of drug-likeness (QED) is 0.512. The summed E-state index contributed by atoms with van der Waals surface area (Å²) in [6.45, 7) is 6.66. The van der Waals surface area contributed by atoms with Gasteiger partial charge in [-0.2, -0.15) is 4.98 Å². The maximum absolute atomic E-state index is 13.1. The molecule has 3 aromatic heterocycles. The Labute approximate surface area is 153 Å². The van der Waals surface area contributed by atoms with Crippen LogP contribution in [0.5, 0.6) is 0 Å². The molecule has 0 saturated carbocycles. The van der Waals surface area contributed by atoms with Gasteiger partial charge in [-0.15, -0.1) is 11.3 Å². The monoisotopic (exact) mass is 376 g/mol. The number of nitrogens with zero attached hydrogens (tertiary/aromatic N) is 4. The third kappa shape index (κ3) is 3.01. The smallest absolute Gasteiger partial charge is 0.263 e. The lowest BCUT2D eigenvalue weighted by molar-refractivity contribution is 0.387. The lowest BCUT2D eigenvalue weighted by Crippen LogP contribution is -2.23. The second-order valence-electron chi connectivity index (χ2n) is 6.50. The van der Waals surface area contributed by atoms with Gasteiger partial charge < -0.3 is 4.52 Å². The highest BCUT2D eigenvalue weighted by molar-refractivity contribution is 7.98. The predicted octanol–water partition coefficient (Wildman–Crippen LogP) is 3.59. The number of thioether (sulfide) groups is 1. The van der Waals surface area contributed by atoms with Gasteiger partial charge in [-0.1, -0.05) is 23.8 Å². The molecule has 0 spiro atoms. The molecule has 6 nitrogen and oxygen atoms in total. The Morgan fingerprint density at radius 1 is 1.40 bits per heavy atom. The lowest BCUT2D eigenvalue weighted by atomic mass is 9.89. The molecular weight excluding hydrogens is 356 g/mol. The standard InChI is InChI=1S/C17H20N4O2S2/c1-4-21-16(22)14-11-6-5-9(2)7-12(11)25-15(14)19-17(21)24-8-13-18-10(3)20-23-13/h9H,4-8H2,1-3H3. The first-order valence-electron chi connectivity index (χ1n) is 8.53. The largest absolute Gasteiger partial charge is 0.338 e. The fourth-order valence-electron chi connectivity index (χ4n) is 3.32. The van der Waals surface area contributed by atoms with Crippen molar-refractivity contribution in [3.8, 4) is 0 Å². The van der Waals surface area contributed by atoms with E-state index in [2.05, 4.69) is 17.1 Å². The van der Waals surface area contributed by atoms with Crippen molar-refractivity contribution in [2.75, 3.05) is 0 Å². The third-order valence-electron chi connectivity index (χ3n) is 4.59. The Hall–Kier alpha value is -1.67. The molecule has 0 saturated heterocycles. The molecule has 0 fully saturated rings. The van der Waals surface area contributed by atoms with E-state index in [1.165, 1.54) is 22.2 Å². The summed E-state index contributed by atoms with van der Waals surface area (Å²) in [5, 5.41) is 5.37. The molecule has 0 aliphatic heterocycles. The van der Waals surface area contributed by atoms with E-state index in [-0.39, 0.29) is 5.56 Å². The van der Waals surface area contributed by atoms with Crippen LogP contribution in [0, 0.1) is 12.8 Å². The van der Waals surface area contributed by atoms with Crippen molar-refractivity contribution < 1.29 is 4.52 Å². The van der Waals surface area contributed by atoms with Gasteiger partial charge in [0.1, 0.15) is 4.83 Å². The predicted molar refractivity (Wildman–Crippen MR) is 99.3 cm³/mol. The number of hydrogen-bond acceptors (Lipinski definition) is 7. The molecule has 1 atom stereocenters. The Balaban J connectivity index is 1.75. The van der Waals surface area contributed by atoms with Gasteiger partial charge in [-0.05, 0) is 44.6 Å². The van der Waals surface area contributed by atoms with E-state index in [1.54, 1.807) is 22.8 Å². The zero-order chi connectivity index (χ0) is 17.6. The average Bonchev–Trinajstić information content (AvgIpc) is 3.15. The van der Waals surface area contributed by atoms with Gasteiger partial charge in [0.05, 0.1) is 11.1 Å². The van der Waals surface area contributed by atoms with Gasteiger partial charge in [0.25, 0.3) is 5.56 Å². The van der Waals surface area contributed by atoms with Crippen LogP contribution in [0.15, 0.2) is 14.5 Å². The highest BCUT2D eigenvalue weighted by atomic mass is 32.2. The highest BCUT2D eigenvalue weighted by Crippen LogP contribution is 2.36. The second-order valence-corrected chi connectivity index (χ2v) is 8.53. The number of aromatic nitrogens is 4. The lowest BCUT2D eigenvalue weighted by Gasteiger charge is -2.17. The molecule has 4 rings (SSSR count). The Morgan fingerprint density at radius 2 is 2.24 bits per heavy atom. The molecule has 0 aromatic carbocycles. The molecule has 25 heavy (non-hydrogen) atoms. The van der Waals surface area contributed by atoms with Crippen LogP contribution in [-0.4, -0.2) is 19.7 Å². The molecule has 0 bridgehead atoms. The minimum Gasteiger partial charge on any atom is -0.338 e. The normalized spacial score (nSPS) is 17.2. The summed E-state index contributed by atoms with van der Waals surface area (Å²) in [7, 11) is 0. The molecule has 1 unspecified atom stereocenters. The molecule has 0 N–H and O–H groups in total. The van der Waals surface area contributed by atoms with Crippen LogP contribution >= 0.6 is 23.1 Å². The number of hydrogen-bond donors (Lipinski definition) is 0. The van der Waals surface area contributed by atoms with Gasteiger partial charge in [-0.3, -0.25) is 9.36 Å². The molecule has 3 heterocycles. The first kappa shape index (κ1) is 16.8. The molecule has 0 amide bonds. The van der Waals surface area contributed by atoms with Crippen molar-refractivity contribution in [3.63, 3.8) is 0 Å². The zero-order valence-electron chi connectivity index (χ0n) is 14.5. The van der Waals surface area contributed by atoms with E-state index in [4.69, 9.17) is 9.51 Å². The molecular formula is C17H20N4O2S2. The molecule has 8 heteroatoms. The Morgan fingerprint density at radius 3 is 2.96 bits per heavy atom. The molecule has 132 valence electrons. The second kappa shape index (κ2) is 6.57. The molecule has 3 aromatic rings. The van der Waals surface area contributed by atoms with E-state index >= 15 is 0 Å². The van der Waals surface area contributed by atoms with Crippen molar-refractivity contribution in [1.82, 2.24) is 19.7 Å². The topological polar surface area (TPSA) is 73.8 Å². The Kier molecular flexibility index (Phi) is 4.41. The van der Waals surface area contributed by atoms with E-state index in [9.17, 15) is 4.79 Å². The van der Waals surface area contributed by atoms with E-state index in [0.717, 1.165) is 34.6 Å². The number of thiophene rings is 1. The van der Waals surface area contributed by atoms with Crippen LogP contribution in [0.25, 0.3) is 10.2 Å². The summed E-state index contributed by atoms with van der Waals surface area (Å²) in [6.07, 6.45) is 3.20. The van der Waals surface area contributed by atoms with Crippen LogP contribution < -0.4 is 5.56 Å². The van der Waals surface area contributed by atoms with Crippen molar-refractivity contribution in [3.05, 3.63) is 32.5 Å². The summed E-state index contributed by atoms with van der Waals surface area (Å²) in [4.78, 5) is 24.3. The first-order chi connectivity index (χ1) is 12.1. The first-order valence-corrected chi connectivity index (χ1v) is 10.3. The summed E-state index contributed by atoms with van der Waals surface area (Å²) in [5.74, 6) is 2.37. The maximum Gasteiger partial charge on any atom is 0.263 e. The Bertz CT molecular complexity index is 989. The van der Waals surface area contributed by atoms with Gasteiger partial charge in [-0.25, -0.2) is 4.98 Å². The van der Waals surface area contributed by atoms with Gasteiger partial charge in [0.15, 0.2) is 11.0 Å². The van der Waals surface area contributed by atoms with Crippen LogP contribution in [0.3, 0.4) is 0 Å². The maximum atomic E-state index is 13.1. The molecule has 1 aliphatic rings. The number of fused-ring (bicyclic) bond motifs is 3. The average molecular weight is 377 g/mol. The van der Waals surface area contributed by atoms with Gasteiger partial charge in [0, 0.05) is 11.4 Å². The van der Waals surface area contributed by atoms with Crippen molar-refractivity contribution in [2.45, 2.75) is 57.5 Å². The SMILES string of the molecule is CCn1c(SCc2nc(C)no2)nc2sc3c(c2c1=O)CCC(C)C3. The molecule has 0 radical (unpaired) electrons. The van der Waals surface area contributed by atoms with Crippen LogP contribution in [0.1, 0.15) is 42.4 Å². The fraction of sp³-hybridized carbons (Fsp3) is 0.529. The zero-order valence-corrected chi connectivity index (χ0v) is 16.2. The molecule has 1 aliphatic carbocycles. The summed E-state index contributed by atoms with van der Waals surface area (Å²) in [6, 6.07) is 0.